The van der Waals surface area contributed by atoms with Crippen LogP contribution in [0, 0.1) is 18.3 Å². The third-order valence-electron chi connectivity index (χ3n) is 2.78. The van der Waals surface area contributed by atoms with Crippen molar-refractivity contribution in [2.24, 2.45) is 5.73 Å². The number of benzene rings is 1. The normalized spacial score (nSPS) is 19.9. The first kappa shape index (κ1) is 10.7. The van der Waals surface area contributed by atoms with E-state index in [1.807, 2.05) is 13.0 Å². The molecule has 1 aromatic carbocycles. The summed E-state index contributed by atoms with van der Waals surface area (Å²) in [5, 5.41) is 8.84. The van der Waals surface area contributed by atoms with Gasteiger partial charge in [-0.2, -0.15) is 5.26 Å². The molecule has 1 heterocycles. The molecule has 0 radical (unpaired) electrons. The van der Waals surface area contributed by atoms with Gasteiger partial charge < -0.3 is 10.6 Å². The molecule has 0 spiro atoms. The van der Waals surface area contributed by atoms with Gasteiger partial charge in [-0.3, -0.25) is 4.79 Å². The molecule has 2 rings (SSSR count). The van der Waals surface area contributed by atoms with Gasteiger partial charge in [0.25, 0.3) is 0 Å². The maximum absolute atomic E-state index is 11.7. The molecule has 4 heteroatoms. The molecule has 1 aliphatic heterocycles. The maximum Gasteiger partial charge on any atom is 0.228 e. The van der Waals surface area contributed by atoms with Crippen molar-refractivity contribution in [1.29, 1.82) is 5.26 Å². The van der Waals surface area contributed by atoms with Crippen molar-refractivity contribution < 1.29 is 4.79 Å². The van der Waals surface area contributed by atoms with Gasteiger partial charge in [0.2, 0.25) is 5.91 Å². The molecule has 82 valence electrons. The summed E-state index contributed by atoms with van der Waals surface area (Å²) in [6.07, 6.45) is 0.385. The first-order valence-electron chi connectivity index (χ1n) is 5.18. The first-order valence-corrected chi connectivity index (χ1v) is 5.18. The highest BCUT2D eigenvalue weighted by atomic mass is 16.2. The van der Waals surface area contributed by atoms with Gasteiger partial charge in [-0.05, 0) is 24.6 Å². The summed E-state index contributed by atoms with van der Waals surface area (Å²) in [7, 11) is 0. The minimum Gasteiger partial charge on any atom is -0.326 e. The highest BCUT2D eigenvalue weighted by Crippen LogP contribution is 2.25. The Hall–Kier alpha value is -1.86. The fraction of sp³-hybridized carbons (Fsp3) is 0.333. The van der Waals surface area contributed by atoms with Crippen LogP contribution in [0.15, 0.2) is 18.2 Å². The predicted molar refractivity (Wildman–Crippen MR) is 60.8 cm³/mol. The Morgan fingerprint density at radius 2 is 2.31 bits per heavy atom. The van der Waals surface area contributed by atoms with Crippen LogP contribution in [0.5, 0.6) is 0 Å². The summed E-state index contributed by atoms with van der Waals surface area (Å²) in [6.45, 7) is 2.46. The zero-order chi connectivity index (χ0) is 11.7. The van der Waals surface area contributed by atoms with E-state index >= 15 is 0 Å². The van der Waals surface area contributed by atoms with E-state index in [1.165, 1.54) is 0 Å². The molecule has 2 N–H and O–H groups in total. The zero-order valence-corrected chi connectivity index (χ0v) is 9.10. The van der Waals surface area contributed by atoms with Crippen LogP contribution in [0.2, 0.25) is 0 Å². The molecule has 16 heavy (non-hydrogen) atoms. The minimum absolute atomic E-state index is 0.0330. The van der Waals surface area contributed by atoms with Gasteiger partial charge in [-0.1, -0.05) is 6.07 Å². The molecule has 1 aliphatic rings. The first-order chi connectivity index (χ1) is 7.61. The smallest absolute Gasteiger partial charge is 0.228 e. The molecule has 1 amide bonds. The Morgan fingerprint density at radius 3 is 2.88 bits per heavy atom. The van der Waals surface area contributed by atoms with Crippen molar-refractivity contribution in [1.82, 2.24) is 0 Å². The number of nitrogens with zero attached hydrogens (tertiary/aromatic N) is 2. The summed E-state index contributed by atoms with van der Waals surface area (Å²) < 4.78 is 0. The summed E-state index contributed by atoms with van der Waals surface area (Å²) in [4.78, 5) is 13.4. The Balaban J connectivity index is 2.40. The molecule has 0 aromatic heterocycles. The molecule has 0 aliphatic carbocycles. The average molecular weight is 215 g/mol. The Labute approximate surface area is 94.3 Å². The standard InChI is InChI=1S/C12H13N3O/c1-8-2-3-9(6-13)4-11(8)15-7-10(14)5-12(15)16/h2-4,10H,5,7,14H2,1H3. The van der Waals surface area contributed by atoms with E-state index < -0.39 is 0 Å². The second-order valence-corrected chi connectivity index (χ2v) is 4.08. The number of aryl methyl sites for hydroxylation is 1. The highest BCUT2D eigenvalue weighted by molar-refractivity contribution is 5.97. The largest absolute Gasteiger partial charge is 0.326 e. The Morgan fingerprint density at radius 1 is 1.56 bits per heavy atom. The van der Waals surface area contributed by atoms with Gasteiger partial charge in [-0.15, -0.1) is 0 Å². The van der Waals surface area contributed by atoms with Gasteiger partial charge >= 0.3 is 0 Å². The van der Waals surface area contributed by atoms with Crippen molar-refractivity contribution in [2.75, 3.05) is 11.4 Å². The Kier molecular flexibility index (Phi) is 2.63. The molecule has 1 atom stereocenters. The van der Waals surface area contributed by atoms with Crippen LogP contribution in [0.25, 0.3) is 0 Å². The van der Waals surface area contributed by atoms with Gasteiger partial charge in [0.1, 0.15) is 0 Å². The number of nitriles is 1. The van der Waals surface area contributed by atoms with Crippen LogP contribution in [-0.2, 0) is 4.79 Å². The highest BCUT2D eigenvalue weighted by Gasteiger charge is 2.28. The monoisotopic (exact) mass is 215 g/mol. The van der Waals surface area contributed by atoms with E-state index in [4.69, 9.17) is 11.0 Å². The summed E-state index contributed by atoms with van der Waals surface area (Å²) in [5.74, 6) is 0.0330. The summed E-state index contributed by atoms with van der Waals surface area (Å²) in [6, 6.07) is 7.32. The van der Waals surface area contributed by atoms with E-state index in [-0.39, 0.29) is 11.9 Å². The predicted octanol–water partition coefficient (Wildman–Crippen LogP) is 0.931. The van der Waals surface area contributed by atoms with E-state index in [9.17, 15) is 4.79 Å². The topological polar surface area (TPSA) is 70.1 Å². The fourth-order valence-corrected chi connectivity index (χ4v) is 1.94. The Bertz CT molecular complexity index is 476. The van der Waals surface area contributed by atoms with Gasteiger partial charge in [-0.25, -0.2) is 0 Å². The SMILES string of the molecule is Cc1ccc(C#N)cc1N1CC(N)CC1=O. The van der Waals surface area contributed by atoms with Crippen LogP contribution in [0.1, 0.15) is 17.5 Å². The lowest BCUT2D eigenvalue weighted by Crippen LogP contribution is -2.28. The van der Waals surface area contributed by atoms with Crippen LogP contribution < -0.4 is 10.6 Å². The molecular formula is C12H13N3O. The van der Waals surface area contributed by atoms with Crippen molar-refractivity contribution >= 4 is 11.6 Å². The molecule has 1 unspecified atom stereocenters. The summed E-state index contributed by atoms with van der Waals surface area (Å²) in [5.41, 5.74) is 8.10. The van der Waals surface area contributed by atoms with Crippen LogP contribution in [-0.4, -0.2) is 18.5 Å². The van der Waals surface area contributed by atoms with Crippen molar-refractivity contribution in [3.05, 3.63) is 29.3 Å². The number of carbonyl (C=O) groups is 1. The molecule has 1 saturated heterocycles. The molecule has 1 aromatic rings. The number of rotatable bonds is 1. The van der Waals surface area contributed by atoms with Crippen LogP contribution in [0.4, 0.5) is 5.69 Å². The number of anilines is 1. The molecule has 4 nitrogen and oxygen atoms in total. The van der Waals surface area contributed by atoms with Crippen LogP contribution >= 0.6 is 0 Å². The van der Waals surface area contributed by atoms with Gasteiger partial charge in [0.15, 0.2) is 0 Å². The van der Waals surface area contributed by atoms with Gasteiger partial charge in [0, 0.05) is 24.7 Å². The summed E-state index contributed by atoms with van der Waals surface area (Å²) >= 11 is 0. The molecular weight excluding hydrogens is 202 g/mol. The number of hydrogen-bond donors (Lipinski definition) is 1. The second kappa shape index (κ2) is 3.95. The fourth-order valence-electron chi connectivity index (χ4n) is 1.94. The lowest BCUT2D eigenvalue weighted by molar-refractivity contribution is -0.117. The molecule has 0 bridgehead atoms. The van der Waals surface area contributed by atoms with E-state index in [1.54, 1.807) is 17.0 Å². The quantitative estimate of drug-likeness (QED) is 0.757. The number of carbonyl (C=O) groups excluding carboxylic acids is 1. The van der Waals surface area contributed by atoms with E-state index in [2.05, 4.69) is 6.07 Å². The number of hydrogen-bond acceptors (Lipinski definition) is 3. The third-order valence-corrected chi connectivity index (χ3v) is 2.78. The minimum atomic E-state index is -0.0994. The van der Waals surface area contributed by atoms with Gasteiger partial charge in [0.05, 0.1) is 11.6 Å². The van der Waals surface area contributed by atoms with Crippen molar-refractivity contribution in [3.8, 4) is 6.07 Å². The van der Waals surface area contributed by atoms with E-state index in [0.29, 0.717) is 18.5 Å². The average Bonchev–Trinajstić information content (AvgIpc) is 2.58. The number of amides is 1. The maximum atomic E-state index is 11.7. The lowest BCUT2D eigenvalue weighted by Gasteiger charge is -2.18. The molecule has 1 fully saturated rings. The van der Waals surface area contributed by atoms with Crippen LogP contribution in [0.3, 0.4) is 0 Å². The van der Waals surface area contributed by atoms with E-state index in [0.717, 1.165) is 11.3 Å². The second-order valence-electron chi connectivity index (χ2n) is 4.08. The third kappa shape index (κ3) is 1.77. The zero-order valence-electron chi connectivity index (χ0n) is 9.10. The lowest BCUT2D eigenvalue weighted by atomic mass is 10.1. The van der Waals surface area contributed by atoms with Crippen molar-refractivity contribution in [3.63, 3.8) is 0 Å². The number of nitrogens with two attached hydrogens (primary N) is 1. The molecule has 0 saturated carbocycles. The van der Waals surface area contributed by atoms with Crippen molar-refractivity contribution in [2.45, 2.75) is 19.4 Å².